The Morgan fingerprint density at radius 2 is 1.16 bits per heavy atom. The van der Waals surface area contributed by atoms with E-state index in [2.05, 4.69) is 0 Å². The van der Waals surface area contributed by atoms with E-state index in [0.29, 0.717) is 0 Å². The first-order chi connectivity index (χ1) is 8.86. The maximum Gasteiger partial charge on any atom is 0.165 e. The minimum Gasteiger partial charge on any atom is -0.504 e. The number of phenols is 2. The highest BCUT2D eigenvalue weighted by Crippen LogP contribution is 2.50. The monoisotopic (exact) mass is 356 g/mol. The van der Waals surface area contributed by atoms with Crippen LogP contribution in [0, 0.1) is 0 Å². The van der Waals surface area contributed by atoms with Crippen LogP contribution in [0.25, 0.3) is 11.1 Å². The van der Waals surface area contributed by atoms with Gasteiger partial charge in [-0.1, -0.05) is 70.1 Å². The average Bonchev–Trinajstić information content (AvgIpc) is 2.39. The molecule has 0 aliphatic heterocycles. The number of rotatable bonds is 1. The zero-order valence-electron chi connectivity index (χ0n) is 9.02. The third-order valence-corrected chi connectivity index (χ3v) is 4.77. The van der Waals surface area contributed by atoms with Gasteiger partial charge in [0, 0.05) is 11.1 Å². The molecule has 2 rings (SSSR count). The highest BCUT2D eigenvalue weighted by Gasteiger charge is 2.22. The molecule has 0 saturated carbocycles. The molecule has 19 heavy (non-hydrogen) atoms. The molecule has 0 aromatic heterocycles. The molecule has 2 nitrogen and oxygen atoms in total. The zero-order valence-corrected chi connectivity index (χ0v) is 12.8. The fraction of sp³-hybridized carbons (Fsp3) is 0. The SMILES string of the molecule is Oc1cccc(-c2c(Cl)c(Cl)c(Cl)c(Cl)c2Cl)c1O. The van der Waals surface area contributed by atoms with E-state index in [1.807, 2.05) is 0 Å². The normalized spacial score (nSPS) is 10.8. The van der Waals surface area contributed by atoms with Gasteiger partial charge in [-0.25, -0.2) is 0 Å². The average molecular weight is 358 g/mol. The second kappa shape index (κ2) is 5.47. The number of benzene rings is 2. The maximum atomic E-state index is 9.86. The van der Waals surface area contributed by atoms with Gasteiger partial charge in [0.25, 0.3) is 0 Å². The summed E-state index contributed by atoms with van der Waals surface area (Å²) in [7, 11) is 0. The van der Waals surface area contributed by atoms with Gasteiger partial charge in [0.1, 0.15) is 0 Å². The van der Waals surface area contributed by atoms with Gasteiger partial charge in [-0.2, -0.15) is 0 Å². The Morgan fingerprint density at radius 3 is 1.68 bits per heavy atom. The number of halogens is 5. The second-order valence-corrected chi connectivity index (χ2v) is 5.51. The first-order valence-electron chi connectivity index (χ1n) is 4.89. The van der Waals surface area contributed by atoms with Crippen molar-refractivity contribution in [3.63, 3.8) is 0 Å². The summed E-state index contributed by atoms with van der Waals surface area (Å²) in [6.07, 6.45) is 0. The van der Waals surface area contributed by atoms with Crippen molar-refractivity contribution < 1.29 is 10.2 Å². The Morgan fingerprint density at radius 1 is 0.684 bits per heavy atom. The van der Waals surface area contributed by atoms with E-state index in [-0.39, 0.29) is 47.7 Å². The Hall–Kier alpha value is -0.510. The fourth-order valence-electron chi connectivity index (χ4n) is 1.57. The lowest BCUT2D eigenvalue weighted by Crippen LogP contribution is -1.87. The number of phenolic OH excluding ortho intramolecular Hbond substituents is 2. The van der Waals surface area contributed by atoms with Gasteiger partial charge >= 0.3 is 0 Å². The van der Waals surface area contributed by atoms with Crippen LogP contribution in [0.5, 0.6) is 11.5 Å². The molecule has 0 amide bonds. The summed E-state index contributed by atoms with van der Waals surface area (Å²) in [6, 6.07) is 4.36. The molecule has 0 atom stereocenters. The fourth-order valence-corrected chi connectivity index (χ4v) is 2.92. The Kier molecular flexibility index (Phi) is 4.29. The molecule has 0 aliphatic rings. The molecule has 0 heterocycles. The summed E-state index contributed by atoms with van der Waals surface area (Å²) in [4.78, 5) is 0. The van der Waals surface area contributed by atoms with E-state index < -0.39 is 0 Å². The molecule has 2 aromatic rings. The molecule has 2 aromatic carbocycles. The van der Waals surface area contributed by atoms with Gasteiger partial charge in [0.15, 0.2) is 11.5 Å². The molecule has 0 fully saturated rings. The van der Waals surface area contributed by atoms with Gasteiger partial charge < -0.3 is 10.2 Å². The molecular formula is C12H5Cl5O2. The lowest BCUT2D eigenvalue weighted by atomic mass is 10.0. The van der Waals surface area contributed by atoms with Gasteiger partial charge in [-0.05, 0) is 6.07 Å². The van der Waals surface area contributed by atoms with Crippen LogP contribution in [-0.2, 0) is 0 Å². The van der Waals surface area contributed by atoms with Crippen molar-refractivity contribution in [2.75, 3.05) is 0 Å². The third-order valence-electron chi connectivity index (χ3n) is 2.49. The molecule has 0 aliphatic carbocycles. The number of para-hydroxylation sites is 1. The quantitative estimate of drug-likeness (QED) is 0.371. The number of aromatic hydroxyl groups is 2. The first-order valence-corrected chi connectivity index (χ1v) is 6.78. The Balaban J connectivity index is 2.87. The third kappa shape index (κ3) is 2.44. The largest absolute Gasteiger partial charge is 0.504 e. The van der Waals surface area contributed by atoms with Crippen molar-refractivity contribution in [3.05, 3.63) is 43.3 Å². The minimum atomic E-state index is -0.374. The van der Waals surface area contributed by atoms with Crippen LogP contribution in [0.1, 0.15) is 0 Å². The van der Waals surface area contributed by atoms with Crippen LogP contribution in [0.2, 0.25) is 25.1 Å². The molecule has 7 heteroatoms. The molecular weight excluding hydrogens is 353 g/mol. The van der Waals surface area contributed by atoms with E-state index >= 15 is 0 Å². The van der Waals surface area contributed by atoms with E-state index in [4.69, 9.17) is 58.0 Å². The molecule has 0 spiro atoms. The van der Waals surface area contributed by atoms with E-state index in [1.165, 1.54) is 18.2 Å². The Bertz CT molecular complexity index is 641. The predicted molar refractivity (Wildman–Crippen MR) is 80.3 cm³/mol. The first kappa shape index (κ1) is 14.9. The summed E-state index contributed by atoms with van der Waals surface area (Å²) >= 11 is 29.9. The highest BCUT2D eigenvalue weighted by atomic mass is 35.5. The molecule has 0 radical (unpaired) electrons. The Labute approximate surface area is 134 Å². The van der Waals surface area contributed by atoms with Crippen LogP contribution in [-0.4, -0.2) is 10.2 Å². The van der Waals surface area contributed by atoms with E-state index in [1.54, 1.807) is 0 Å². The standard InChI is InChI=1S/C12H5Cl5O2/c13-7-6(4-2-1-3-5(18)12(4)19)8(14)10(16)11(17)9(7)15/h1-3,18-19H. The lowest BCUT2D eigenvalue weighted by Gasteiger charge is -2.14. The van der Waals surface area contributed by atoms with Crippen molar-refractivity contribution in [2.24, 2.45) is 0 Å². The van der Waals surface area contributed by atoms with Crippen molar-refractivity contribution >= 4 is 58.0 Å². The van der Waals surface area contributed by atoms with Crippen LogP contribution >= 0.6 is 58.0 Å². The summed E-state index contributed by atoms with van der Waals surface area (Å²) in [5.74, 6) is -0.687. The van der Waals surface area contributed by atoms with Crippen LogP contribution in [0.15, 0.2) is 18.2 Å². The zero-order chi connectivity index (χ0) is 14.3. The van der Waals surface area contributed by atoms with Crippen molar-refractivity contribution in [2.45, 2.75) is 0 Å². The van der Waals surface area contributed by atoms with E-state index in [0.717, 1.165) is 0 Å². The molecule has 0 saturated heterocycles. The number of hydrogen-bond acceptors (Lipinski definition) is 2. The highest BCUT2D eigenvalue weighted by molar-refractivity contribution is 6.56. The van der Waals surface area contributed by atoms with Crippen LogP contribution in [0.4, 0.5) is 0 Å². The summed E-state index contributed by atoms with van der Waals surface area (Å²) in [5.41, 5.74) is 0.409. The topological polar surface area (TPSA) is 40.5 Å². The summed E-state index contributed by atoms with van der Waals surface area (Å²) in [6.45, 7) is 0. The predicted octanol–water partition coefficient (Wildman–Crippen LogP) is 6.03. The van der Waals surface area contributed by atoms with Crippen molar-refractivity contribution in [1.82, 2.24) is 0 Å². The van der Waals surface area contributed by atoms with Crippen molar-refractivity contribution in [1.29, 1.82) is 0 Å². The second-order valence-electron chi connectivity index (χ2n) is 3.62. The molecule has 0 bridgehead atoms. The molecule has 100 valence electrons. The van der Waals surface area contributed by atoms with E-state index in [9.17, 15) is 10.2 Å². The molecule has 2 N–H and O–H groups in total. The van der Waals surface area contributed by atoms with Crippen LogP contribution in [0.3, 0.4) is 0 Å². The van der Waals surface area contributed by atoms with Gasteiger partial charge in [0.05, 0.1) is 25.1 Å². The van der Waals surface area contributed by atoms with Gasteiger partial charge in [-0.15, -0.1) is 0 Å². The summed E-state index contributed by atoms with van der Waals surface area (Å²) < 4.78 is 0. The maximum absolute atomic E-state index is 9.86. The minimum absolute atomic E-state index is 0.0236. The smallest absolute Gasteiger partial charge is 0.165 e. The van der Waals surface area contributed by atoms with Crippen LogP contribution < -0.4 is 0 Å². The lowest BCUT2D eigenvalue weighted by molar-refractivity contribution is 0.405. The van der Waals surface area contributed by atoms with Crippen molar-refractivity contribution in [3.8, 4) is 22.6 Å². The van der Waals surface area contributed by atoms with Gasteiger partial charge in [0.2, 0.25) is 0 Å². The number of hydrogen-bond donors (Lipinski definition) is 2. The summed E-state index contributed by atoms with van der Waals surface area (Å²) in [5, 5.41) is 19.5. The van der Waals surface area contributed by atoms with Gasteiger partial charge in [-0.3, -0.25) is 0 Å². The molecule has 0 unspecified atom stereocenters.